The molecule has 1 unspecified atom stereocenters. The predicted molar refractivity (Wildman–Crippen MR) is 125 cm³/mol. The van der Waals surface area contributed by atoms with E-state index in [1.54, 1.807) is 33.7 Å². The molecular formula is C24H19ClF4N6O2. The van der Waals surface area contributed by atoms with E-state index in [-0.39, 0.29) is 36.1 Å². The molecule has 1 N–H and O–H groups in total. The molecule has 0 radical (unpaired) electrons. The van der Waals surface area contributed by atoms with E-state index in [0.29, 0.717) is 24.1 Å². The summed E-state index contributed by atoms with van der Waals surface area (Å²) < 4.78 is 63.3. The van der Waals surface area contributed by atoms with Crippen LogP contribution >= 0.6 is 11.6 Å². The van der Waals surface area contributed by atoms with Crippen LogP contribution in [0.15, 0.2) is 59.5 Å². The van der Waals surface area contributed by atoms with Gasteiger partial charge in [-0.1, -0.05) is 48.0 Å². The van der Waals surface area contributed by atoms with Gasteiger partial charge in [-0.3, -0.25) is 4.79 Å². The van der Waals surface area contributed by atoms with Gasteiger partial charge in [0.25, 0.3) is 5.56 Å². The van der Waals surface area contributed by atoms with Crippen LogP contribution in [0.4, 0.5) is 23.2 Å². The second-order valence-corrected chi connectivity index (χ2v) is 8.73. The molecule has 0 saturated heterocycles. The molecule has 37 heavy (non-hydrogen) atoms. The second-order valence-electron chi connectivity index (χ2n) is 8.35. The second kappa shape index (κ2) is 9.94. The number of aromatic amines is 1. The van der Waals surface area contributed by atoms with E-state index in [4.69, 9.17) is 16.3 Å². The number of H-pyrrole nitrogens is 1. The smallest absolute Gasteiger partial charge is 0.361 e. The number of hydrogen-bond acceptors (Lipinski definition) is 6. The van der Waals surface area contributed by atoms with Crippen molar-refractivity contribution in [1.82, 2.24) is 25.0 Å². The Morgan fingerprint density at radius 3 is 2.65 bits per heavy atom. The molecule has 192 valence electrons. The number of fused-ring (bicyclic) bond motifs is 1. The van der Waals surface area contributed by atoms with E-state index in [1.165, 1.54) is 6.20 Å². The van der Waals surface area contributed by atoms with Gasteiger partial charge in [0.05, 0.1) is 30.6 Å². The quantitative estimate of drug-likeness (QED) is 0.367. The summed E-state index contributed by atoms with van der Waals surface area (Å²) in [5.41, 5.74) is -0.830. The van der Waals surface area contributed by atoms with Crippen molar-refractivity contribution in [3.05, 3.63) is 104 Å². The first-order valence-corrected chi connectivity index (χ1v) is 11.5. The molecule has 2 aromatic heterocycles. The average molecular weight is 535 g/mol. The molecule has 0 amide bonds. The third-order valence-electron chi connectivity index (χ3n) is 6.00. The molecule has 4 aromatic rings. The predicted octanol–water partition coefficient (Wildman–Crippen LogP) is 4.50. The highest BCUT2D eigenvalue weighted by Gasteiger charge is 2.38. The average Bonchev–Trinajstić information content (AvgIpc) is 3.29. The van der Waals surface area contributed by atoms with Crippen LogP contribution < -0.4 is 10.5 Å². The van der Waals surface area contributed by atoms with Crippen molar-refractivity contribution in [2.75, 3.05) is 11.4 Å². The monoisotopic (exact) mass is 534 g/mol. The summed E-state index contributed by atoms with van der Waals surface area (Å²) >= 11 is 6.14. The molecule has 8 nitrogen and oxygen atoms in total. The van der Waals surface area contributed by atoms with Gasteiger partial charge in [0.15, 0.2) is 11.6 Å². The number of hydrogen-bond donors (Lipinski definition) is 1. The molecule has 0 saturated carbocycles. The SMILES string of the molecule is O=c1[nH]ncc(N2CCn3c(nnc3C(OCc3ccccc3)c3ccc(F)cc3C(F)(F)F)C2)c1Cl. The number of alkyl halides is 3. The maximum absolute atomic E-state index is 13.9. The molecular weight excluding hydrogens is 516 g/mol. The summed E-state index contributed by atoms with van der Waals surface area (Å²) in [6, 6.07) is 11.4. The van der Waals surface area contributed by atoms with E-state index in [9.17, 15) is 22.4 Å². The molecule has 3 heterocycles. The Morgan fingerprint density at radius 1 is 1.11 bits per heavy atom. The molecule has 0 bridgehead atoms. The van der Waals surface area contributed by atoms with Gasteiger partial charge in [-0.25, -0.2) is 9.49 Å². The standard InChI is InChI=1S/C24H19ClF4N6O2/c25-20-18(11-30-33-23(20)36)34-8-9-35-19(12-34)31-32-22(35)21(37-13-14-4-2-1-3-5-14)16-7-6-15(26)10-17(16)24(27,28)29/h1-7,10-11,21H,8-9,12-13H2,(H,33,36). The van der Waals surface area contributed by atoms with E-state index >= 15 is 0 Å². The van der Waals surface area contributed by atoms with Crippen LogP contribution in [0.5, 0.6) is 0 Å². The first-order valence-electron chi connectivity index (χ1n) is 11.1. The molecule has 2 aromatic carbocycles. The number of nitrogens with one attached hydrogen (secondary N) is 1. The Bertz CT molecular complexity index is 1470. The number of aromatic nitrogens is 5. The minimum absolute atomic E-state index is 0.0113. The minimum atomic E-state index is -4.82. The largest absolute Gasteiger partial charge is 0.416 e. The molecule has 0 aliphatic carbocycles. The molecule has 1 atom stereocenters. The molecule has 0 fully saturated rings. The molecule has 5 rings (SSSR count). The van der Waals surface area contributed by atoms with Crippen molar-refractivity contribution in [2.24, 2.45) is 0 Å². The van der Waals surface area contributed by atoms with Crippen LogP contribution in [-0.2, 0) is 30.6 Å². The zero-order valence-corrected chi connectivity index (χ0v) is 19.8. The van der Waals surface area contributed by atoms with Gasteiger partial charge < -0.3 is 14.2 Å². The Hall–Kier alpha value is -3.77. The van der Waals surface area contributed by atoms with Crippen molar-refractivity contribution in [3.63, 3.8) is 0 Å². The van der Waals surface area contributed by atoms with Crippen molar-refractivity contribution in [3.8, 4) is 0 Å². The summed E-state index contributed by atoms with van der Waals surface area (Å²) in [6.07, 6.45) is -4.69. The molecule has 1 aliphatic heterocycles. The van der Waals surface area contributed by atoms with Gasteiger partial charge >= 0.3 is 6.18 Å². The fourth-order valence-corrected chi connectivity index (χ4v) is 4.44. The lowest BCUT2D eigenvalue weighted by atomic mass is 10.0. The molecule has 13 heteroatoms. The van der Waals surface area contributed by atoms with E-state index in [0.717, 1.165) is 17.7 Å². The number of benzene rings is 2. The Kier molecular flexibility index (Phi) is 6.69. The third-order valence-corrected chi connectivity index (χ3v) is 6.36. The summed E-state index contributed by atoms with van der Waals surface area (Å²) in [5, 5.41) is 14.4. The fraction of sp³-hybridized carbons (Fsp3) is 0.250. The normalized spacial score (nSPS) is 14.5. The fourth-order valence-electron chi connectivity index (χ4n) is 4.23. The van der Waals surface area contributed by atoms with Gasteiger partial charge in [0.1, 0.15) is 16.9 Å². The maximum Gasteiger partial charge on any atom is 0.416 e. The summed E-state index contributed by atoms with van der Waals surface area (Å²) in [5.74, 6) is -0.431. The van der Waals surface area contributed by atoms with Crippen LogP contribution in [-0.4, -0.2) is 31.5 Å². The lowest BCUT2D eigenvalue weighted by molar-refractivity contribution is -0.139. The Labute approximate surface area is 212 Å². The van der Waals surface area contributed by atoms with Gasteiger partial charge in [-0.2, -0.15) is 18.3 Å². The topological polar surface area (TPSA) is 88.9 Å². The van der Waals surface area contributed by atoms with Crippen molar-refractivity contribution in [2.45, 2.75) is 32.0 Å². The highest BCUT2D eigenvalue weighted by Crippen LogP contribution is 2.39. The highest BCUT2D eigenvalue weighted by molar-refractivity contribution is 6.32. The number of halogens is 5. The summed E-state index contributed by atoms with van der Waals surface area (Å²) in [7, 11) is 0. The lowest BCUT2D eigenvalue weighted by Gasteiger charge is -2.30. The zero-order valence-electron chi connectivity index (χ0n) is 19.0. The van der Waals surface area contributed by atoms with Gasteiger partial charge in [0, 0.05) is 18.7 Å². The minimum Gasteiger partial charge on any atom is -0.361 e. The van der Waals surface area contributed by atoms with Crippen molar-refractivity contribution in [1.29, 1.82) is 0 Å². The van der Waals surface area contributed by atoms with Crippen LogP contribution in [0.1, 0.15) is 34.4 Å². The van der Waals surface area contributed by atoms with Gasteiger partial charge in [0.2, 0.25) is 0 Å². The zero-order chi connectivity index (χ0) is 26.2. The maximum atomic E-state index is 13.9. The Balaban J connectivity index is 1.53. The third kappa shape index (κ3) is 5.07. The molecule has 1 aliphatic rings. The highest BCUT2D eigenvalue weighted by atomic mass is 35.5. The van der Waals surface area contributed by atoms with Gasteiger partial charge in [-0.05, 0) is 17.7 Å². The first-order chi connectivity index (χ1) is 17.7. The number of rotatable bonds is 6. The molecule has 0 spiro atoms. The Morgan fingerprint density at radius 2 is 1.89 bits per heavy atom. The van der Waals surface area contributed by atoms with E-state index in [1.807, 2.05) is 6.07 Å². The van der Waals surface area contributed by atoms with Gasteiger partial charge in [-0.15, -0.1) is 10.2 Å². The van der Waals surface area contributed by atoms with E-state index in [2.05, 4.69) is 20.4 Å². The van der Waals surface area contributed by atoms with E-state index < -0.39 is 29.2 Å². The lowest BCUT2D eigenvalue weighted by Crippen LogP contribution is -2.36. The summed E-state index contributed by atoms with van der Waals surface area (Å²) in [6.45, 7) is 0.791. The van der Waals surface area contributed by atoms with Crippen molar-refractivity contribution < 1.29 is 22.3 Å². The van der Waals surface area contributed by atoms with Crippen LogP contribution in [0.3, 0.4) is 0 Å². The van der Waals surface area contributed by atoms with Crippen molar-refractivity contribution >= 4 is 17.3 Å². The summed E-state index contributed by atoms with van der Waals surface area (Å²) in [4.78, 5) is 13.6. The van der Waals surface area contributed by atoms with Crippen LogP contribution in [0.25, 0.3) is 0 Å². The number of ether oxygens (including phenoxy) is 1. The van der Waals surface area contributed by atoms with Crippen LogP contribution in [0.2, 0.25) is 5.02 Å². The number of nitrogens with zero attached hydrogens (tertiary/aromatic N) is 5. The number of anilines is 1. The first kappa shape index (κ1) is 24.9. The van der Waals surface area contributed by atoms with Crippen LogP contribution in [0, 0.1) is 5.82 Å².